The normalized spacial score (nSPS) is 11.9. The predicted octanol–water partition coefficient (Wildman–Crippen LogP) is 4.58. The van der Waals surface area contributed by atoms with Gasteiger partial charge in [-0.05, 0) is 56.4 Å². The lowest BCUT2D eigenvalue weighted by Crippen LogP contribution is -2.34. The van der Waals surface area contributed by atoms with Gasteiger partial charge in [0.15, 0.2) is 0 Å². The first-order valence-electron chi connectivity index (χ1n) is 9.05. The second-order valence-electron chi connectivity index (χ2n) is 6.58. The Kier molecular flexibility index (Phi) is 8.90. The van der Waals surface area contributed by atoms with E-state index in [1.54, 1.807) is 25.3 Å². The fourth-order valence-corrected chi connectivity index (χ4v) is 3.19. The second-order valence-corrected chi connectivity index (χ2v) is 7.43. The second kappa shape index (κ2) is 11.1. The van der Waals surface area contributed by atoms with Gasteiger partial charge in [0.2, 0.25) is 5.91 Å². The number of likely N-dealkylation sites (N-methyl/N-ethyl adjacent to an activating group) is 1. The molecule has 0 spiro atoms. The van der Waals surface area contributed by atoms with E-state index in [0.717, 1.165) is 11.3 Å². The molecule has 0 aromatic heterocycles. The molecule has 0 saturated heterocycles. The smallest absolute Gasteiger partial charge is 0.220 e. The van der Waals surface area contributed by atoms with E-state index in [2.05, 4.69) is 10.2 Å². The monoisotopic (exact) mass is 424 g/mol. The van der Waals surface area contributed by atoms with Crippen molar-refractivity contribution >= 4 is 29.1 Å². The fraction of sp³-hybridized carbons (Fsp3) is 0.381. The van der Waals surface area contributed by atoms with Gasteiger partial charge in [0.05, 0.1) is 24.8 Å². The van der Waals surface area contributed by atoms with Gasteiger partial charge in [0.25, 0.3) is 0 Å². The summed E-state index contributed by atoms with van der Waals surface area (Å²) in [7, 11) is 5.62. The Hall–Kier alpha value is -1.95. The first kappa shape index (κ1) is 22.3. The highest BCUT2D eigenvalue weighted by Crippen LogP contribution is 2.27. The maximum atomic E-state index is 12.2. The summed E-state index contributed by atoms with van der Waals surface area (Å²) >= 11 is 11.9. The number of rotatable bonds is 10. The van der Waals surface area contributed by atoms with Crippen LogP contribution in [0.2, 0.25) is 10.0 Å². The molecule has 7 heteroatoms. The van der Waals surface area contributed by atoms with Crippen LogP contribution in [0.3, 0.4) is 0 Å². The number of amides is 1. The number of hydrogen-bond acceptors (Lipinski definition) is 4. The van der Waals surface area contributed by atoms with Gasteiger partial charge in [-0.1, -0.05) is 35.3 Å². The molecule has 2 rings (SSSR count). The number of carbonyl (C=O) groups is 1. The van der Waals surface area contributed by atoms with Gasteiger partial charge < -0.3 is 19.7 Å². The van der Waals surface area contributed by atoms with Crippen LogP contribution in [0, 0.1) is 0 Å². The number of hydrogen-bond donors (Lipinski definition) is 1. The number of methoxy groups -OCH3 is 1. The molecule has 1 atom stereocenters. The Morgan fingerprint density at radius 3 is 2.46 bits per heavy atom. The van der Waals surface area contributed by atoms with Crippen molar-refractivity contribution in [3.8, 4) is 11.5 Å². The highest BCUT2D eigenvalue weighted by atomic mass is 35.5. The molecule has 1 amide bonds. The van der Waals surface area contributed by atoms with Crippen LogP contribution in [0.4, 0.5) is 0 Å². The van der Waals surface area contributed by atoms with Gasteiger partial charge in [-0.2, -0.15) is 0 Å². The van der Waals surface area contributed by atoms with Crippen LogP contribution in [0.25, 0.3) is 0 Å². The maximum absolute atomic E-state index is 12.2. The topological polar surface area (TPSA) is 50.8 Å². The number of benzene rings is 2. The van der Waals surface area contributed by atoms with E-state index < -0.39 is 0 Å². The molecule has 0 radical (unpaired) electrons. The highest BCUT2D eigenvalue weighted by molar-refractivity contribution is 6.35. The summed E-state index contributed by atoms with van der Waals surface area (Å²) in [6, 6.07) is 13.0. The lowest BCUT2D eigenvalue weighted by Gasteiger charge is -2.25. The first-order chi connectivity index (χ1) is 13.4. The molecule has 0 bridgehead atoms. The van der Waals surface area contributed by atoms with Crippen LogP contribution in [0.5, 0.6) is 11.5 Å². The van der Waals surface area contributed by atoms with Gasteiger partial charge in [-0.15, -0.1) is 0 Å². The van der Waals surface area contributed by atoms with E-state index in [0.29, 0.717) is 41.8 Å². The molecule has 1 unspecified atom stereocenters. The summed E-state index contributed by atoms with van der Waals surface area (Å²) in [4.78, 5) is 14.3. The molecule has 0 fully saturated rings. The van der Waals surface area contributed by atoms with Crippen molar-refractivity contribution in [2.24, 2.45) is 0 Å². The summed E-state index contributed by atoms with van der Waals surface area (Å²) in [5.74, 6) is 1.37. The SMILES string of the molecule is COc1ccc(C(CNC(=O)CCCOc2ccc(Cl)cc2Cl)N(C)C)cc1. The van der Waals surface area contributed by atoms with Crippen molar-refractivity contribution in [3.05, 3.63) is 58.1 Å². The van der Waals surface area contributed by atoms with Gasteiger partial charge in [0, 0.05) is 18.0 Å². The standard InChI is InChI=1S/C21H26Cl2N2O3/c1-25(2)19(15-6-9-17(27-3)10-7-15)14-24-21(26)5-4-12-28-20-11-8-16(22)13-18(20)23/h6-11,13,19H,4-5,12,14H2,1-3H3,(H,24,26). The van der Waals surface area contributed by atoms with E-state index in [9.17, 15) is 4.79 Å². The molecule has 0 aliphatic heterocycles. The van der Waals surface area contributed by atoms with E-state index in [-0.39, 0.29) is 11.9 Å². The third-order valence-electron chi connectivity index (χ3n) is 4.32. The van der Waals surface area contributed by atoms with Crippen molar-refractivity contribution in [3.63, 3.8) is 0 Å². The largest absolute Gasteiger partial charge is 0.497 e. The maximum Gasteiger partial charge on any atom is 0.220 e. The Balaban J connectivity index is 1.76. The number of ether oxygens (including phenoxy) is 2. The summed E-state index contributed by atoms with van der Waals surface area (Å²) < 4.78 is 10.8. The summed E-state index contributed by atoms with van der Waals surface area (Å²) in [6.45, 7) is 0.937. The van der Waals surface area contributed by atoms with Crippen molar-refractivity contribution < 1.29 is 14.3 Å². The molecule has 0 aliphatic carbocycles. The van der Waals surface area contributed by atoms with Gasteiger partial charge in [-0.25, -0.2) is 0 Å². The van der Waals surface area contributed by atoms with Crippen molar-refractivity contribution in [2.75, 3.05) is 34.4 Å². The minimum Gasteiger partial charge on any atom is -0.497 e. The summed E-state index contributed by atoms with van der Waals surface area (Å²) in [6.07, 6.45) is 0.980. The average Bonchev–Trinajstić information content (AvgIpc) is 2.67. The fourth-order valence-electron chi connectivity index (χ4n) is 2.73. The molecule has 28 heavy (non-hydrogen) atoms. The minimum atomic E-state index is -0.00818. The first-order valence-corrected chi connectivity index (χ1v) is 9.81. The van der Waals surface area contributed by atoms with E-state index in [1.165, 1.54) is 0 Å². The van der Waals surface area contributed by atoms with Crippen LogP contribution in [0.15, 0.2) is 42.5 Å². The Bertz CT molecular complexity index is 767. The Morgan fingerprint density at radius 1 is 1.14 bits per heavy atom. The molecule has 0 heterocycles. The van der Waals surface area contributed by atoms with E-state index >= 15 is 0 Å². The molecule has 152 valence electrons. The Morgan fingerprint density at radius 2 is 1.86 bits per heavy atom. The van der Waals surface area contributed by atoms with Crippen molar-refractivity contribution in [1.82, 2.24) is 10.2 Å². The zero-order valence-electron chi connectivity index (χ0n) is 16.4. The third-order valence-corrected chi connectivity index (χ3v) is 4.85. The summed E-state index contributed by atoms with van der Waals surface area (Å²) in [5.41, 5.74) is 1.12. The molecular weight excluding hydrogens is 399 g/mol. The minimum absolute atomic E-state index is 0.00818. The van der Waals surface area contributed by atoms with E-state index in [4.69, 9.17) is 32.7 Å². The summed E-state index contributed by atoms with van der Waals surface area (Å²) in [5, 5.41) is 4.02. The lowest BCUT2D eigenvalue weighted by molar-refractivity contribution is -0.121. The molecule has 2 aromatic rings. The average molecular weight is 425 g/mol. The molecule has 0 saturated carbocycles. The Labute approximate surface area is 176 Å². The molecule has 5 nitrogen and oxygen atoms in total. The van der Waals surface area contributed by atoms with Crippen molar-refractivity contribution in [2.45, 2.75) is 18.9 Å². The number of nitrogens with zero attached hydrogens (tertiary/aromatic N) is 1. The van der Waals surface area contributed by atoms with Crippen LogP contribution in [-0.4, -0.2) is 45.2 Å². The molecule has 1 N–H and O–H groups in total. The third kappa shape index (κ3) is 6.89. The zero-order chi connectivity index (χ0) is 20.5. The van der Waals surface area contributed by atoms with Crippen molar-refractivity contribution in [1.29, 1.82) is 0 Å². The predicted molar refractivity (Wildman–Crippen MR) is 114 cm³/mol. The molecular formula is C21H26Cl2N2O3. The van der Waals surface area contributed by atoms with Gasteiger partial charge in [0.1, 0.15) is 11.5 Å². The number of nitrogens with one attached hydrogen (secondary N) is 1. The van der Waals surface area contributed by atoms with E-state index in [1.807, 2.05) is 38.4 Å². The van der Waals surface area contributed by atoms with Gasteiger partial charge in [-0.3, -0.25) is 4.79 Å². The number of halogens is 2. The number of carbonyl (C=O) groups excluding carboxylic acids is 1. The van der Waals surface area contributed by atoms with Crippen LogP contribution < -0.4 is 14.8 Å². The highest BCUT2D eigenvalue weighted by Gasteiger charge is 2.15. The van der Waals surface area contributed by atoms with Crippen LogP contribution in [-0.2, 0) is 4.79 Å². The lowest BCUT2D eigenvalue weighted by atomic mass is 10.1. The molecule has 2 aromatic carbocycles. The molecule has 0 aliphatic rings. The van der Waals surface area contributed by atoms with Crippen LogP contribution in [0.1, 0.15) is 24.4 Å². The van der Waals surface area contributed by atoms with Gasteiger partial charge >= 0.3 is 0 Å². The zero-order valence-corrected chi connectivity index (χ0v) is 17.9. The quantitative estimate of drug-likeness (QED) is 0.567. The van der Waals surface area contributed by atoms with Crippen LogP contribution >= 0.6 is 23.2 Å².